The normalized spacial score (nSPS) is 11.9. The number of carbonyl (C=O) groups is 1. The van der Waals surface area contributed by atoms with E-state index in [1.807, 2.05) is 19.2 Å². The van der Waals surface area contributed by atoms with Crippen molar-refractivity contribution in [3.63, 3.8) is 0 Å². The lowest BCUT2D eigenvalue weighted by Gasteiger charge is -2.10. The highest BCUT2D eigenvalue weighted by atomic mass is 32.2. The van der Waals surface area contributed by atoms with Crippen molar-refractivity contribution in [3.05, 3.63) is 40.9 Å². The highest BCUT2D eigenvalue weighted by Crippen LogP contribution is 2.22. The van der Waals surface area contributed by atoms with Crippen LogP contribution in [-0.4, -0.2) is 25.4 Å². The molecule has 0 saturated carbocycles. The van der Waals surface area contributed by atoms with E-state index in [4.69, 9.17) is 0 Å². The van der Waals surface area contributed by atoms with Gasteiger partial charge in [0.15, 0.2) is 5.13 Å². The lowest BCUT2D eigenvalue weighted by atomic mass is 10.2. The molecule has 2 aromatic rings. The summed E-state index contributed by atoms with van der Waals surface area (Å²) in [6.07, 6.45) is 0. The first kappa shape index (κ1) is 18.6. The summed E-state index contributed by atoms with van der Waals surface area (Å²) >= 11 is 1.35. The van der Waals surface area contributed by atoms with Crippen molar-refractivity contribution < 1.29 is 13.2 Å². The number of nitrogens with zero attached hydrogens (tertiary/aromatic N) is 1. The molecule has 24 heavy (non-hydrogen) atoms. The molecular formula is C16H21N3O3S2. The maximum absolute atomic E-state index is 12.3. The average Bonchev–Trinajstić information content (AvgIpc) is 2.95. The molecule has 0 spiro atoms. The largest absolute Gasteiger partial charge is 0.298 e. The number of benzene rings is 1. The molecule has 0 radical (unpaired) electrons. The third-order valence-electron chi connectivity index (χ3n) is 3.13. The predicted octanol–water partition coefficient (Wildman–Crippen LogP) is 3.21. The van der Waals surface area contributed by atoms with Crippen LogP contribution in [0.3, 0.4) is 0 Å². The van der Waals surface area contributed by atoms with Gasteiger partial charge in [0.25, 0.3) is 5.91 Å². The molecule has 2 N–H and O–H groups in total. The SMILES string of the molecule is CC(C)NS(=O)(=O)c1cccc(C(=O)Nc2nc(C(C)C)cs2)c1. The zero-order valence-corrected chi connectivity index (χ0v) is 15.7. The molecule has 0 unspecified atom stereocenters. The van der Waals surface area contributed by atoms with Crippen LogP contribution in [-0.2, 0) is 10.0 Å². The summed E-state index contributed by atoms with van der Waals surface area (Å²) in [6, 6.07) is 5.71. The highest BCUT2D eigenvalue weighted by Gasteiger charge is 2.18. The predicted molar refractivity (Wildman–Crippen MR) is 96.1 cm³/mol. The molecule has 0 bridgehead atoms. The minimum absolute atomic E-state index is 0.0610. The smallest absolute Gasteiger partial charge is 0.257 e. The summed E-state index contributed by atoms with van der Waals surface area (Å²) in [5, 5.41) is 5.10. The monoisotopic (exact) mass is 367 g/mol. The van der Waals surface area contributed by atoms with Gasteiger partial charge >= 0.3 is 0 Å². The number of thiazole rings is 1. The molecule has 0 atom stereocenters. The zero-order chi connectivity index (χ0) is 17.9. The van der Waals surface area contributed by atoms with Crippen LogP contribution in [0.5, 0.6) is 0 Å². The number of sulfonamides is 1. The maximum atomic E-state index is 12.3. The minimum Gasteiger partial charge on any atom is -0.298 e. The summed E-state index contributed by atoms with van der Waals surface area (Å²) in [7, 11) is -3.64. The van der Waals surface area contributed by atoms with Gasteiger partial charge in [-0.3, -0.25) is 10.1 Å². The molecule has 6 nitrogen and oxygen atoms in total. The van der Waals surface area contributed by atoms with Crippen LogP contribution in [0.4, 0.5) is 5.13 Å². The van der Waals surface area contributed by atoms with Gasteiger partial charge in [0.1, 0.15) is 0 Å². The quantitative estimate of drug-likeness (QED) is 0.820. The van der Waals surface area contributed by atoms with Gasteiger partial charge in [0, 0.05) is 17.0 Å². The fourth-order valence-electron chi connectivity index (χ4n) is 1.96. The Kier molecular flexibility index (Phi) is 5.74. The highest BCUT2D eigenvalue weighted by molar-refractivity contribution is 7.89. The number of hydrogen-bond donors (Lipinski definition) is 2. The second-order valence-corrected chi connectivity index (χ2v) is 8.56. The van der Waals surface area contributed by atoms with E-state index < -0.39 is 10.0 Å². The molecule has 0 aliphatic rings. The first-order valence-corrected chi connectivity index (χ1v) is 9.94. The molecule has 1 aromatic carbocycles. The van der Waals surface area contributed by atoms with E-state index in [1.165, 1.54) is 23.5 Å². The third-order valence-corrected chi connectivity index (χ3v) is 5.56. The van der Waals surface area contributed by atoms with Crippen molar-refractivity contribution in [1.29, 1.82) is 0 Å². The molecule has 0 aliphatic carbocycles. The van der Waals surface area contributed by atoms with Crippen molar-refractivity contribution in [1.82, 2.24) is 9.71 Å². The number of rotatable bonds is 6. The van der Waals surface area contributed by atoms with Gasteiger partial charge in [-0.25, -0.2) is 18.1 Å². The van der Waals surface area contributed by atoms with Crippen LogP contribution >= 0.6 is 11.3 Å². The molecule has 130 valence electrons. The number of amides is 1. The first-order valence-electron chi connectivity index (χ1n) is 7.58. The van der Waals surface area contributed by atoms with Crippen molar-refractivity contribution in [3.8, 4) is 0 Å². The molecule has 1 heterocycles. The second-order valence-electron chi connectivity index (χ2n) is 5.99. The summed E-state index contributed by atoms with van der Waals surface area (Å²) in [4.78, 5) is 16.7. The van der Waals surface area contributed by atoms with Crippen LogP contribution in [0.1, 0.15) is 49.7 Å². The van der Waals surface area contributed by atoms with E-state index in [-0.39, 0.29) is 28.3 Å². The summed E-state index contributed by atoms with van der Waals surface area (Å²) < 4.78 is 26.9. The Labute approximate surface area is 146 Å². The number of anilines is 1. The van der Waals surface area contributed by atoms with Crippen molar-refractivity contribution in [2.45, 2.75) is 44.6 Å². The number of hydrogen-bond acceptors (Lipinski definition) is 5. The molecule has 0 fully saturated rings. The molecule has 1 amide bonds. The Bertz CT molecular complexity index is 827. The topological polar surface area (TPSA) is 88.2 Å². The van der Waals surface area contributed by atoms with Gasteiger partial charge in [0.05, 0.1) is 10.6 Å². The third kappa shape index (κ3) is 4.62. The minimum atomic E-state index is -3.64. The van der Waals surface area contributed by atoms with E-state index in [0.717, 1.165) is 5.69 Å². The van der Waals surface area contributed by atoms with Crippen molar-refractivity contribution in [2.75, 3.05) is 5.32 Å². The van der Waals surface area contributed by atoms with Gasteiger partial charge in [-0.15, -0.1) is 11.3 Å². The van der Waals surface area contributed by atoms with E-state index in [1.54, 1.807) is 26.0 Å². The molecule has 1 aromatic heterocycles. The van der Waals surface area contributed by atoms with Gasteiger partial charge in [-0.05, 0) is 38.0 Å². The lowest BCUT2D eigenvalue weighted by molar-refractivity contribution is 0.102. The number of nitrogens with one attached hydrogen (secondary N) is 2. The average molecular weight is 367 g/mol. The van der Waals surface area contributed by atoms with Crippen LogP contribution in [0, 0.1) is 0 Å². The standard InChI is InChI=1S/C16H21N3O3S2/c1-10(2)14-9-23-16(17-14)18-15(20)12-6-5-7-13(8-12)24(21,22)19-11(3)4/h5-11,19H,1-4H3,(H,17,18,20). The van der Waals surface area contributed by atoms with E-state index >= 15 is 0 Å². The molecule has 8 heteroatoms. The Morgan fingerprint density at radius 2 is 1.92 bits per heavy atom. The summed E-state index contributed by atoms with van der Waals surface area (Å²) in [5.74, 6) is -0.108. The van der Waals surface area contributed by atoms with Crippen LogP contribution in [0.15, 0.2) is 34.5 Å². The van der Waals surface area contributed by atoms with Gasteiger partial charge in [0.2, 0.25) is 10.0 Å². The summed E-state index contributed by atoms with van der Waals surface area (Å²) in [5.41, 5.74) is 1.18. The first-order chi connectivity index (χ1) is 11.2. The van der Waals surface area contributed by atoms with E-state index in [9.17, 15) is 13.2 Å². The van der Waals surface area contributed by atoms with Crippen molar-refractivity contribution in [2.24, 2.45) is 0 Å². The fraction of sp³-hybridized carbons (Fsp3) is 0.375. The van der Waals surface area contributed by atoms with Crippen LogP contribution < -0.4 is 10.0 Å². The molecule has 0 aliphatic heterocycles. The zero-order valence-electron chi connectivity index (χ0n) is 14.0. The van der Waals surface area contributed by atoms with E-state index in [0.29, 0.717) is 5.13 Å². The Balaban J connectivity index is 2.19. The van der Waals surface area contributed by atoms with Gasteiger partial charge < -0.3 is 0 Å². The Morgan fingerprint density at radius 3 is 2.50 bits per heavy atom. The lowest BCUT2D eigenvalue weighted by Crippen LogP contribution is -2.30. The molecule has 0 saturated heterocycles. The van der Waals surface area contributed by atoms with E-state index in [2.05, 4.69) is 15.0 Å². The Morgan fingerprint density at radius 1 is 1.21 bits per heavy atom. The number of carbonyl (C=O) groups excluding carboxylic acids is 1. The van der Waals surface area contributed by atoms with Gasteiger partial charge in [-0.2, -0.15) is 0 Å². The van der Waals surface area contributed by atoms with Crippen molar-refractivity contribution >= 4 is 32.4 Å². The fourth-order valence-corrected chi connectivity index (χ4v) is 4.12. The van der Waals surface area contributed by atoms with Crippen LogP contribution in [0.2, 0.25) is 0 Å². The summed E-state index contributed by atoms with van der Waals surface area (Å²) in [6.45, 7) is 7.53. The van der Waals surface area contributed by atoms with Crippen LogP contribution in [0.25, 0.3) is 0 Å². The Hall–Kier alpha value is -1.77. The molecular weight excluding hydrogens is 346 g/mol. The van der Waals surface area contributed by atoms with Gasteiger partial charge in [-0.1, -0.05) is 19.9 Å². The second kappa shape index (κ2) is 7.42. The molecule has 2 rings (SSSR count). The maximum Gasteiger partial charge on any atom is 0.257 e. The number of aromatic nitrogens is 1.